The number of rotatable bonds is 3. The van der Waals surface area contributed by atoms with Gasteiger partial charge in [0.15, 0.2) is 0 Å². The van der Waals surface area contributed by atoms with Crippen LogP contribution in [0, 0.1) is 6.92 Å². The lowest BCUT2D eigenvalue weighted by Crippen LogP contribution is -2.18. The Hall–Kier alpha value is -0.970. The van der Waals surface area contributed by atoms with E-state index in [9.17, 15) is 0 Å². The molecule has 4 nitrogen and oxygen atoms in total. The van der Waals surface area contributed by atoms with Crippen molar-refractivity contribution in [2.75, 3.05) is 0 Å². The van der Waals surface area contributed by atoms with Crippen molar-refractivity contribution < 1.29 is 4.84 Å². The summed E-state index contributed by atoms with van der Waals surface area (Å²) in [6, 6.07) is 0. The van der Waals surface area contributed by atoms with E-state index in [1.54, 1.807) is 6.21 Å². The van der Waals surface area contributed by atoms with Gasteiger partial charge in [0.05, 0.1) is 16.8 Å². The Labute approximate surface area is 80.8 Å². The average Bonchev–Trinajstić information content (AvgIpc) is 2.42. The molecule has 0 spiro atoms. The molecular formula is C8H11N3OS. The first-order valence-electron chi connectivity index (χ1n) is 4.34. The Kier molecular flexibility index (Phi) is 2.54. The second-order valence-corrected chi connectivity index (χ2v) is 3.90. The van der Waals surface area contributed by atoms with Crippen LogP contribution < -0.4 is 0 Å². The second-order valence-electron chi connectivity index (χ2n) is 3.12. The molecule has 1 fully saturated rings. The summed E-state index contributed by atoms with van der Waals surface area (Å²) in [5.41, 5.74) is 0.908. The molecule has 0 aliphatic heterocycles. The van der Waals surface area contributed by atoms with Gasteiger partial charge >= 0.3 is 0 Å². The van der Waals surface area contributed by atoms with Crippen molar-refractivity contribution in [2.45, 2.75) is 32.3 Å². The van der Waals surface area contributed by atoms with Gasteiger partial charge in [-0.1, -0.05) is 9.64 Å². The molecule has 2 rings (SSSR count). The summed E-state index contributed by atoms with van der Waals surface area (Å²) in [4.78, 5) is 6.20. The first kappa shape index (κ1) is 8.62. The van der Waals surface area contributed by atoms with Crippen molar-refractivity contribution in [2.24, 2.45) is 5.16 Å². The molecule has 1 heterocycles. The molecule has 1 aliphatic rings. The zero-order valence-electron chi connectivity index (χ0n) is 7.43. The summed E-state index contributed by atoms with van der Waals surface area (Å²) in [6.45, 7) is 1.91. The minimum atomic E-state index is 0.345. The van der Waals surface area contributed by atoms with E-state index in [0.717, 1.165) is 23.4 Å². The van der Waals surface area contributed by atoms with Gasteiger partial charge < -0.3 is 4.84 Å². The third-order valence-electron chi connectivity index (χ3n) is 2.12. The summed E-state index contributed by atoms with van der Waals surface area (Å²) < 4.78 is 3.80. The van der Waals surface area contributed by atoms with Crippen LogP contribution in [0.4, 0.5) is 0 Å². The molecule has 0 bridgehead atoms. The minimum Gasteiger partial charge on any atom is -0.392 e. The van der Waals surface area contributed by atoms with Crippen LogP contribution in [0.15, 0.2) is 5.16 Å². The largest absolute Gasteiger partial charge is 0.392 e. The lowest BCUT2D eigenvalue weighted by atomic mass is 9.97. The van der Waals surface area contributed by atoms with E-state index in [0.29, 0.717) is 6.10 Å². The Balaban J connectivity index is 1.86. The van der Waals surface area contributed by atoms with Gasteiger partial charge in [0.1, 0.15) is 6.10 Å². The van der Waals surface area contributed by atoms with Crippen molar-refractivity contribution in [1.29, 1.82) is 0 Å². The number of hydrogen-bond donors (Lipinski definition) is 0. The molecule has 0 aromatic carbocycles. The predicted octanol–water partition coefficient (Wildman–Crippen LogP) is 1.75. The first-order valence-corrected chi connectivity index (χ1v) is 5.12. The van der Waals surface area contributed by atoms with Crippen LogP contribution in [0.5, 0.6) is 0 Å². The Morgan fingerprint density at radius 1 is 1.62 bits per heavy atom. The van der Waals surface area contributed by atoms with E-state index >= 15 is 0 Å². The highest BCUT2D eigenvalue weighted by Crippen LogP contribution is 2.21. The van der Waals surface area contributed by atoms with Crippen LogP contribution in [0.1, 0.15) is 29.8 Å². The van der Waals surface area contributed by atoms with Gasteiger partial charge in [-0.25, -0.2) is 0 Å². The summed E-state index contributed by atoms with van der Waals surface area (Å²) >= 11 is 1.34. The van der Waals surface area contributed by atoms with Crippen molar-refractivity contribution in [1.82, 2.24) is 9.59 Å². The maximum Gasteiger partial charge on any atom is 0.127 e. The van der Waals surface area contributed by atoms with Crippen LogP contribution in [-0.2, 0) is 4.84 Å². The lowest BCUT2D eigenvalue weighted by Gasteiger charge is -2.22. The fourth-order valence-electron chi connectivity index (χ4n) is 0.999. The molecule has 1 aromatic heterocycles. The summed E-state index contributed by atoms with van der Waals surface area (Å²) in [7, 11) is 0. The molecule has 0 atom stereocenters. The normalized spacial score (nSPS) is 17.6. The van der Waals surface area contributed by atoms with Crippen molar-refractivity contribution >= 4 is 17.7 Å². The van der Waals surface area contributed by atoms with Gasteiger partial charge in [-0.3, -0.25) is 0 Å². The topological polar surface area (TPSA) is 47.4 Å². The summed E-state index contributed by atoms with van der Waals surface area (Å²) in [6.07, 6.45) is 5.58. The maximum absolute atomic E-state index is 5.23. The monoisotopic (exact) mass is 197 g/mol. The van der Waals surface area contributed by atoms with Crippen LogP contribution >= 0.6 is 11.5 Å². The molecule has 1 aromatic rings. The van der Waals surface area contributed by atoms with E-state index in [1.807, 2.05) is 6.92 Å². The highest BCUT2D eigenvalue weighted by molar-refractivity contribution is 7.07. The van der Waals surface area contributed by atoms with E-state index < -0.39 is 0 Å². The molecule has 13 heavy (non-hydrogen) atoms. The van der Waals surface area contributed by atoms with E-state index in [2.05, 4.69) is 14.7 Å². The highest BCUT2D eigenvalue weighted by Gasteiger charge is 2.18. The molecule has 5 heteroatoms. The highest BCUT2D eigenvalue weighted by atomic mass is 32.1. The van der Waals surface area contributed by atoms with E-state index in [-0.39, 0.29) is 0 Å². The Morgan fingerprint density at radius 3 is 3.00 bits per heavy atom. The van der Waals surface area contributed by atoms with Crippen molar-refractivity contribution in [3.05, 3.63) is 10.6 Å². The number of nitrogens with zero attached hydrogens (tertiary/aromatic N) is 3. The average molecular weight is 197 g/mol. The van der Waals surface area contributed by atoms with Crippen LogP contribution in [-0.4, -0.2) is 21.9 Å². The standard InChI is InChI=1S/C8H11N3OS/c1-6-8(13-11-10-6)5-9-12-7-3-2-4-7/h5,7H,2-4H2,1H3/b9-5+. The van der Waals surface area contributed by atoms with E-state index in [4.69, 9.17) is 4.84 Å². The fourth-order valence-corrected chi connectivity index (χ4v) is 1.51. The SMILES string of the molecule is Cc1nnsc1/C=N/OC1CCC1. The predicted molar refractivity (Wildman–Crippen MR) is 51.0 cm³/mol. The maximum atomic E-state index is 5.23. The molecule has 0 unspecified atom stereocenters. The summed E-state index contributed by atoms with van der Waals surface area (Å²) in [5.74, 6) is 0. The molecule has 0 saturated heterocycles. The Bertz CT molecular complexity index is 306. The van der Waals surface area contributed by atoms with Gasteiger partial charge in [0, 0.05) is 0 Å². The minimum absolute atomic E-state index is 0.345. The fraction of sp³-hybridized carbons (Fsp3) is 0.625. The number of aromatic nitrogens is 2. The van der Waals surface area contributed by atoms with Gasteiger partial charge in [0.2, 0.25) is 0 Å². The van der Waals surface area contributed by atoms with Crippen LogP contribution in [0.3, 0.4) is 0 Å². The summed E-state index contributed by atoms with van der Waals surface area (Å²) in [5, 5.41) is 7.77. The number of aryl methyl sites for hydroxylation is 1. The first-order chi connectivity index (χ1) is 6.36. The Morgan fingerprint density at radius 2 is 2.46 bits per heavy atom. The molecular weight excluding hydrogens is 186 g/mol. The van der Waals surface area contributed by atoms with Gasteiger partial charge in [-0.05, 0) is 37.7 Å². The van der Waals surface area contributed by atoms with Crippen molar-refractivity contribution in [3.8, 4) is 0 Å². The molecule has 1 saturated carbocycles. The number of oxime groups is 1. The molecule has 0 radical (unpaired) electrons. The second kappa shape index (κ2) is 3.83. The number of hydrogen-bond acceptors (Lipinski definition) is 5. The molecule has 0 N–H and O–H groups in total. The van der Waals surface area contributed by atoms with Gasteiger partial charge in [-0.2, -0.15) is 0 Å². The van der Waals surface area contributed by atoms with Gasteiger partial charge in [-0.15, -0.1) is 5.10 Å². The smallest absolute Gasteiger partial charge is 0.127 e. The van der Waals surface area contributed by atoms with Crippen molar-refractivity contribution in [3.63, 3.8) is 0 Å². The molecule has 70 valence electrons. The third-order valence-corrected chi connectivity index (χ3v) is 2.88. The van der Waals surface area contributed by atoms with Gasteiger partial charge in [0.25, 0.3) is 0 Å². The van der Waals surface area contributed by atoms with E-state index in [1.165, 1.54) is 18.0 Å². The van der Waals surface area contributed by atoms with Crippen LogP contribution in [0.2, 0.25) is 0 Å². The van der Waals surface area contributed by atoms with Crippen LogP contribution in [0.25, 0.3) is 0 Å². The zero-order chi connectivity index (χ0) is 9.10. The third kappa shape index (κ3) is 2.03. The quantitative estimate of drug-likeness (QED) is 0.548. The zero-order valence-corrected chi connectivity index (χ0v) is 8.25. The lowest BCUT2D eigenvalue weighted by molar-refractivity contribution is 0.00701. The molecule has 0 amide bonds. The molecule has 1 aliphatic carbocycles.